The Morgan fingerprint density at radius 2 is 1.59 bits per heavy atom. The zero-order valence-corrected chi connectivity index (χ0v) is 13.4. The molecule has 3 aliphatic rings. The third-order valence-electron chi connectivity index (χ3n) is 5.08. The summed E-state index contributed by atoms with van der Waals surface area (Å²) >= 11 is 0. The predicted molar refractivity (Wildman–Crippen MR) is 77.0 cm³/mol. The summed E-state index contributed by atoms with van der Waals surface area (Å²) in [7, 11) is 0. The first kappa shape index (κ1) is 17.5. The summed E-state index contributed by atoms with van der Waals surface area (Å²) in [6.45, 7) is 0. The van der Waals surface area contributed by atoms with E-state index in [4.69, 9.17) is 0 Å². The molecule has 4 atom stereocenters. The van der Waals surface area contributed by atoms with E-state index >= 15 is 0 Å². The van der Waals surface area contributed by atoms with Gasteiger partial charge in [-0.15, -0.1) is 13.2 Å². The lowest BCUT2D eigenvalue weighted by atomic mass is 9.67. The van der Waals surface area contributed by atoms with Crippen molar-refractivity contribution >= 4 is 23.9 Å². The van der Waals surface area contributed by atoms with Crippen molar-refractivity contribution in [1.29, 1.82) is 0 Å². The van der Waals surface area contributed by atoms with E-state index < -0.39 is 59.7 Å². The van der Waals surface area contributed by atoms with Gasteiger partial charge in [-0.25, -0.2) is 0 Å². The largest absolute Gasteiger partial charge is 0.573 e. The number of hydrogen-bond acceptors (Lipinski definition) is 7. The van der Waals surface area contributed by atoms with Crippen molar-refractivity contribution in [3.63, 3.8) is 0 Å². The Labute approximate surface area is 149 Å². The van der Waals surface area contributed by atoms with Gasteiger partial charge in [0.15, 0.2) is 0 Å². The highest BCUT2D eigenvalue weighted by atomic mass is 19.4. The Morgan fingerprint density at radius 3 is 2.22 bits per heavy atom. The van der Waals surface area contributed by atoms with Gasteiger partial charge in [0, 0.05) is 0 Å². The van der Waals surface area contributed by atoms with Crippen molar-refractivity contribution in [3.8, 4) is 5.75 Å². The van der Waals surface area contributed by atoms with Crippen LogP contribution in [0.15, 0.2) is 18.2 Å². The molecular weight excluding hydrogens is 373 g/mol. The highest BCUT2D eigenvalue weighted by Crippen LogP contribution is 2.51. The Hall–Kier alpha value is -2.91. The normalized spacial score (nSPS) is 29.9. The van der Waals surface area contributed by atoms with Crippen LogP contribution < -0.4 is 4.74 Å². The Balaban J connectivity index is 1.80. The average Bonchev–Trinajstić information content (AvgIpc) is 3.03. The second-order valence-electron chi connectivity index (χ2n) is 6.61. The van der Waals surface area contributed by atoms with Crippen LogP contribution in [-0.4, -0.2) is 30.2 Å². The molecule has 0 saturated carbocycles. The number of benzene rings is 1. The lowest BCUT2D eigenvalue weighted by molar-refractivity contribution is -0.274. The Bertz CT molecular complexity index is 876. The predicted octanol–water partition coefficient (Wildman–Crippen LogP) is 1.95. The molecule has 142 valence electrons. The maximum absolute atomic E-state index is 12.5. The highest BCUT2D eigenvalue weighted by molar-refractivity contribution is 6.01. The summed E-state index contributed by atoms with van der Waals surface area (Å²) in [4.78, 5) is 47.5. The molecule has 4 rings (SSSR count). The van der Waals surface area contributed by atoms with E-state index in [9.17, 15) is 32.3 Å². The number of cyclic esters (lactones) is 4. The van der Waals surface area contributed by atoms with Crippen LogP contribution in [0.1, 0.15) is 35.8 Å². The van der Waals surface area contributed by atoms with Crippen LogP contribution in [0.4, 0.5) is 13.2 Å². The van der Waals surface area contributed by atoms with Gasteiger partial charge in [-0.05, 0) is 35.6 Å². The fourth-order valence-corrected chi connectivity index (χ4v) is 4.05. The van der Waals surface area contributed by atoms with Crippen LogP contribution in [0, 0.1) is 11.8 Å². The number of hydrogen-bond donors (Lipinski definition) is 0. The summed E-state index contributed by atoms with van der Waals surface area (Å²) in [5.41, 5.74) is 0.523. The fourth-order valence-electron chi connectivity index (χ4n) is 4.05. The van der Waals surface area contributed by atoms with E-state index in [1.54, 1.807) is 0 Å². The van der Waals surface area contributed by atoms with Gasteiger partial charge in [-0.2, -0.15) is 0 Å². The number of carbonyl (C=O) groups excluding carboxylic acids is 4. The minimum absolute atomic E-state index is 0.0504. The van der Waals surface area contributed by atoms with Crippen molar-refractivity contribution in [2.75, 3.05) is 0 Å². The third kappa shape index (κ3) is 2.94. The van der Waals surface area contributed by atoms with Gasteiger partial charge in [0.05, 0.1) is 24.2 Å². The molecule has 27 heavy (non-hydrogen) atoms. The molecule has 0 bridgehead atoms. The van der Waals surface area contributed by atoms with Gasteiger partial charge in [0.25, 0.3) is 0 Å². The summed E-state index contributed by atoms with van der Waals surface area (Å²) in [6.07, 6.45) is -5.09. The van der Waals surface area contributed by atoms with E-state index in [0.29, 0.717) is 5.56 Å². The van der Waals surface area contributed by atoms with Gasteiger partial charge in [-0.1, -0.05) is 6.07 Å². The standard InChI is InChI=1S/C17H11F3O7/c18-17(19,20)27-6-1-2-7-8(10-5-12(21)25-14(10)22)4-11-13(9(7)3-6)16(24)26-15(11)23/h1-3,8,10-11,13H,4-5H2. The smallest absolute Gasteiger partial charge is 0.406 e. The molecule has 1 aromatic rings. The Morgan fingerprint density at radius 1 is 0.889 bits per heavy atom. The Kier molecular flexibility index (Phi) is 3.76. The first-order valence-corrected chi connectivity index (χ1v) is 8.03. The molecule has 0 amide bonds. The van der Waals surface area contributed by atoms with E-state index in [1.807, 2.05) is 0 Å². The first-order valence-electron chi connectivity index (χ1n) is 8.03. The summed E-state index contributed by atoms with van der Waals surface area (Å²) in [5, 5.41) is 0. The van der Waals surface area contributed by atoms with Crippen LogP contribution in [0.3, 0.4) is 0 Å². The topological polar surface area (TPSA) is 96.0 Å². The highest BCUT2D eigenvalue weighted by Gasteiger charge is 2.54. The molecule has 7 nitrogen and oxygen atoms in total. The van der Waals surface area contributed by atoms with E-state index in [2.05, 4.69) is 14.2 Å². The van der Waals surface area contributed by atoms with Crippen LogP contribution in [0.5, 0.6) is 5.75 Å². The van der Waals surface area contributed by atoms with Crippen LogP contribution in [-0.2, 0) is 28.7 Å². The summed E-state index contributed by atoms with van der Waals surface area (Å²) in [6, 6.07) is 3.39. The minimum atomic E-state index is -4.94. The zero-order chi connectivity index (χ0) is 19.5. The summed E-state index contributed by atoms with van der Waals surface area (Å²) < 4.78 is 50.7. The van der Waals surface area contributed by atoms with Gasteiger partial charge < -0.3 is 14.2 Å². The van der Waals surface area contributed by atoms with Crippen molar-refractivity contribution < 1.29 is 46.6 Å². The molecule has 0 spiro atoms. The van der Waals surface area contributed by atoms with E-state index in [1.165, 1.54) is 6.07 Å². The summed E-state index contributed by atoms with van der Waals surface area (Å²) in [5.74, 6) is -7.27. The number of carbonyl (C=O) groups is 4. The molecule has 4 unspecified atom stereocenters. The monoisotopic (exact) mass is 384 g/mol. The number of esters is 4. The van der Waals surface area contributed by atoms with Gasteiger partial charge in [0.2, 0.25) is 0 Å². The number of halogens is 3. The maximum atomic E-state index is 12.5. The molecule has 2 heterocycles. The lowest BCUT2D eigenvalue weighted by Crippen LogP contribution is -2.31. The van der Waals surface area contributed by atoms with Crippen LogP contribution >= 0.6 is 0 Å². The molecule has 2 aliphatic heterocycles. The molecule has 10 heteroatoms. The van der Waals surface area contributed by atoms with E-state index in [0.717, 1.165) is 12.1 Å². The van der Waals surface area contributed by atoms with Crippen LogP contribution in [0.2, 0.25) is 0 Å². The minimum Gasteiger partial charge on any atom is -0.406 e. The van der Waals surface area contributed by atoms with Crippen molar-refractivity contribution in [2.24, 2.45) is 11.8 Å². The van der Waals surface area contributed by atoms with Crippen molar-refractivity contribution in [3.05, 3.63) is 29.3 Å². The molecule has 0 aromatic heterocycles. The van der Waals surface area contributed by atoms with Crippen molar-refractivity contribution in [2.45, 2.75) is 31.0 Å². The van der Waals surface area contributed by atoms with E-state index in [-0.39, 0.29) is 18.4 Å². The molecule has 0 radical (unpaired) electrons. The molecule has 2 fully saturated rings. The fraction of sp³-hybridized carbons (Fsp3) is 0.412. The lowest BCUT2D eigenvalue weighted by Gasteiger charge is -2.33. The van der Waals surface area contributed by atoms with Crippen molar-refractivity contribution in [1.82, 2.24) is 0 Å². The quantitative estimate of drug-likeness (QED) is 0.568. The first-order chi connectivity index (χ1) is 12.6. The number of rotatable bonds is 2. The molecular formula is C17H11F3O7. The second kappa shape index (κ2) is 5.80. The molecule has 2 saturated heterocycles. The third-order valence-corrected chi connectivity index (χ3v) is 5.08. The number of fused-ring (bicyclic) bond motifs is 3. The van der Waals surface area contributed by atoms with Gasteiger partial charge in [-0.3, -0.25) is 19.2 Å². The second-order valence-corrected chi connectivity index (χ2v) is 6.61. The molecule has 1 aliphatic carbocycles. The average molecular weight is 384 g/mol. The maximum Gasteiger partial charge on any atom is 0.573 e. The SMILES string of the molecule is O=C1CC(C2CC3C(=O)OC(=O)C3c3cc(OC(F)(F)F)ccc32)C(=O)O1. The van der Waals surface area contributed by atoms with Gasteiger partial charge >= 0.3 is 30.2 Å². The zero-order valence-electron chi connectivity index (χ0n) is 13.4. The molecule has 0 N–H and O–H groups in total. The molecule has 1 aromatic carbocycles. The number of alkyl halides is 3. The van der Waals surface area contributed by atoms with Gasteiger partial charge in [0.1, 0.15) is 5.75 Å². The van der Waals surface area contributed by atoms with Crippen LogP contribution in [0.25, 0.3) is 0 Å². The number of ether oxygens (including phenoxy) is 3.